The predicted molar refractivity (Wildman–Crippen MR) is 105 cm³/mol. The normalized spacial score (nSPS) is 12.4. The Morgan fingerprint density at radius 1 is 1.23 bits per heavy atom. The van der Waals surface area contributed by atoms with Crippen LogP contribution in [0, 0.1) is 0 Å². The lowest BCUT2D eigenvalue weighted by atomic mass is 10.2. The summed E-state index contributed by atoms with van der Waals surface area (Å²) in [5.74, 6) is 1.07. The maximum absolute atomic E-state index is 11.7. The average molecular weight is 385 g/mol. The number of carbonyl (C=O) groups excluding carboxylic acids is 1. The largest absolute Gasteiger partial charge is 0.487 e. The van der Waals surface area contributed by atoms with Crippen LogP contribution in [0.25, 0.3) is 0 Å². The molecule has 1 rings (SSSR count). The smallest absolute Gasteiger partial charge is 0.241 e. The molecule has 146 valence electrons. The number of benzene rings is 1. The summed E-state index contributed by atoms with van der Waals surface area (Å²) in [5, 5.41) is 9.63. The van der Waals surface area contributed by atoms with E-state index < -0.39 is 0 Å². The topological polar surface area (TPSA) is 84.0 Å². The van der Waals surface area contributed by atoms with Crippen LogP contribution in [0.3, 0.4) is 0 Å². The van der Waals surface area contributed by atoms with Gasteiger partial charge in [-0.15, -0.1) is 0 Å². The van der Waals surface area contributed by atoms with Gasteiger partial charge in [-0.3, -0.25) is 4.79 Å². The summed E-state index contributed by atoms with van der Waals surface area (Å²) in [6, 6.07) is 7.39. The number of nitrogens with zero attached hydrogens (tertiary/aromatic N) is 1. The number of hydrogen-bond acceptors (Lipinski definition) is 4. The number of halogens is 1. The van der Waals surface area contributed by atoms with Gasteiger partial charge in [0.05, 0.1) is 18.2 Å². The molecule has 26 heavy (non-hydrogen) atoms. The van der Waals surface area contributed by atoms with E-state index in [1.165, 1.54) is 0 Å². The molecule has 0 bridgehead atoms. The highest BCUT2D eigenvalue weighted by molar-refractivity contribution is 6.32. The minimum atomic E-state index is -0.154. The number of para-hydroxylation sites is 1. The summed E-state index contributed by atoms with van der Waals surface area (Å²) >= 11 is 6.14. The molecule has 0 heterocycles. The number of aliphatic imine (C=N–C) groups is 1. The summed E-state index contributed by atoms with van der Waals surface area (Å²) in [4.78, 5) is 16.0. The fourth-order valence-corrected chi connectivity index (χ4v) is 2.22. The molecule has 0 saturated carbocycles. The molecule has 0 aliphatic heterocycles. The minimum Gasteiger partial charge on any atom is -0.487 e. The highest BCUT2D eigenvalue weighted by atomic mass is 35.5. The third-order valence-electron chi connectivity index (χ3n) is 3.44. The second-order valence-corrected chi connectivity index (χ2v) is 5.90. The second-order valence-electron chi connectivity index (χ2n) is 5.50. The molecule has 0 aliphatic rings. The van der Waals surface area contributed by atoms with Crippen LogP contribution in [0.5, 0.6) is 5.75 Å². The van der Waals surface area contributed by atoms with Crippen molar-refractivity contribution in [2.45, 2.75) is 26.4 Å². The van der Waals surface area contributed by atoms with Crippen molar-refractivity contribution in [2.24, 2.45) is 4.99 Å². The second kappa shape index (κ2) is 13.2. The lowest BCUT2D eigenvalue weighted by Crippen LogP contribution is -2.43. The van der Waals surface area contributed by atoms with Crippen LogP contribution < -0.4 is 20.7 Å². The van der Waals surface area contributed by atoms with Crippen LogP contribution in [0.4, 0.5) is 0 Å². The molecule has 0 radical (unpaired) electrons. The molecule has 0 aliphatic carbocycles. The van der Waals surface area contributed by atoms with Crippen LogP contribution in [0.1, 0.15) is 20.3 Å². The van der Waals surface area contributed by atoms with Gasteiger partial charge in [0.2, 0.25) is 5.91 Å². The van der Waals surface area contributed by atoms with Gasteiger partial charge in [0.25, 0.3) is 0 Å². The van der Waals surface area contributed by atoms with E-state index in [9.17, 15) is 4.79 Å². The van der Waals surface area contributed by atoms with Crippen molar-refractivity contribution < 1.29 is 14.3 Å². The molecule has 8 heteroatoms. The van der Waals surface area contributed by atoms with E-state index in [1.807, 2.05) is 32.0 Å². The molecule has 7 nitrogen and oxygen atoms in total. The van der Waals surface area contributed by atoms with Gasteiger partial charge in [0, 0.05) is 20.2 Å². The van der Waals surface area contributed by atoms with Gasteiger partial charge in [0.15, 0.2) is 5.96 Å². The van der Waals surface area contributed by atoms with Crippen LogP contribution in [0.2, 0.25) is 5.02 Å². The van der Waals surface area contributed by atoms with Crippen LogP contribution in [-0.2, 0) is 9.53 Å². The van der Waals surface area contributed by atoms with Crippen molar-refractivity contribution in [1.29, 1.82) is 0 Å². The standard InChI is InChI=1S/C18H29ClN4O3/c1-4-14(26-16-9-7-6-8-15(16)19)12-22-18(20-5-2)23-13-17(24)21-10-11-25-3/h6-9,14H,4-5,10-13H2,1-3H3,(H,21,24)(H2,20,22,23). The van der Waals surface area contributed by atoms with Crippen molar-refractivity contribution in [3.8, 4) is 5.75 Å². The summed E-state index contributed by atoms with van der Waals surface area (Å²) in [5.41, 5.74) is 0. The Hall–Kier alpha value is -1.99. The van der Waals surface area contributed by atoms with Crippen LogP contribution >= 0.6 is 11.6 Å². The monoisotopic (exact) mass is 384 g/mol. The molecule has 0 spiro atoms. The molecule has 1 amide bonds. The number of rotatable bonds is 11. The van der Waals surface area contributed by atoms with Gasteiger partial charge < -0.3 is 25.4 Å². The van der Waals surface area contributed by atoms with E-state index in [0.717, 1.165) is 6.42 Å². The van der Waals surface area contributed by atoms with Crippen molar-refractivity contribution in [3.63, 3.8) is 0 Å². The summed E-state index contributed by atoms with van der Waals surface area (Å²) < 4.78 is 10.8. The van der Waals surface area contributed by atoms with Gasteiger partial charge in [-0.05, 0) is 25.5 Å². The molecule has 0 aromatic heterocycles. The lowest BCUT2D eigenvalue weighted by Gasteiger charge is -2.20. The first-order valence-corrected chi connectivity index (χ1v) is 9.17. The van der Waals surface area contributed by atoms with Gasteiger partial charge in [-0.1, -0.05) is 30.7 Å². The average Bonchev–Trinajstić information content (AvgIpc) is 2.64. The predicted octanol–water partition coefficient (Wildman–Crippen LogP) is 1.82. The number of carbonyl (C=O) groups is 1. The zero-order valence-corrected chi connectivity index (χ0v) is 16.4. The summed E-state index contributed by atoms with van der Waals surface area (Å²) in [7, 11) is 1.59. The number of nitrogens with one attached hydrogen (secondary N) is 3. The van der Waals surface area contributed by atoms with E-state index in [2.05, 4.69) is 20.9 Å². The highest BCUT2D eigenvalue weighted by Crippen LogP contribution is 2.24. The number of guanidine groups is 1. The Bertz CT molecular complexity index is 569. The maximum atomic E-state index is 11.7. The van der Waals surface area contributed by atoms with Crippen LogP contribution in [0.15, 0.2) is 29.3 Å². The maximum Gasteiger partial charge on any atom is 0.241 e. The highest BCUT2D eigenvalue weighted by Gasteiger charge is 2.11. The third kappa shape index (κ3) is 8.92. The van der Waals surface area contributed by atoms with E-state index >= 15 is 0 Å². The van der Waals surface area contributed by atoms with E-state index in [1.54, 1.807) is 13.2 Å². The van der Waals surface area contributed by atoms with Crippen molar-refractivity contribution in [2.75, 3.05) is 39.9 Å². The van der Waals surface area contributed by atoms with Crippen LogP contribution in [-0.4, -0.2) is 57.9 Å². The molecule has 1 atom stereocenters. The Morgan fingerprint density at radius 2 is 2.00 bits per heavy atom. The zero-order valence-electron chi connectivity index (χ0n) is 15.7. The van der Waals surface area contributed by atoms with E-state index in [4.69, 9.17) is 21.1 Å². The first-order valence-electron chi connectivity index (χ1n) is 8.79. The van der Waals surface area contributed by atoms with Crippen molar-refractivity contribution >= 4 is 23.5 Å². The fraction of sp³-hybridized carbons (Fsp3) is 0.556. The SMILES string of the molecule is CCNC(=NCC(=O)NCCOC)NCC(CC)Oc1ccccc1Cl. The van der Waals surface area contributed by atoms with Gasteiger partial charge >= 0.3 is 0 Å². The van der Waals surface area contributed by atoms with E-state index in [0.29, 0.717) is 43.0 Å². The molecule has 1 aromatic rings. The first kappa shape index (κ1) is 22.1. The molecule has 3 N–H and O–H groups in total. The number of methoxy groups -OCH3 is 1. The first-order chi connectivity index (χ1) is 12.6. The Morgan fingerprint density at radius 3 is 2.65 bits per heavy atom. The summed E-state index contributed by atoms with van der Waals surface area (Å²) in [6.45, 7) is 6.23. The summed E-state index contributed by atoms with van der Waals surface area (Å²) in [6.07, 6.45) is 0.726. The Labute approximate surface area is 160 Å². The van der Waals surface area contributed by atoms with Gasteiger partial charge in [-0.25, -0.2) is 4.99 Å². The third-order valence-corrected chi connectivity index (χ3v) is 3.75. The van der Waals surface area contributed by atoms with Crippen molar-refractivity contribution in [3.05, 3.63) is 29.3 Å². The fourth-order valence-electron chi connectivity index (χ4n) is 2.04. The molecule has 1 unspecified atom stereocenters. The van der Waals surface area contributed by atoms with Gasteiger partial charge in [-0.2, -0.15) is 0 Å². The van der Waals surface area contributed by atoms with Gasteiger partial charge in [0.1, 0.15) is 18.4 Å². The molecule has 1 aromatic carbocycles. The Kier molecular flexibility index (Phi) is 11.2. The molecular formula is C18H29ClN4O3. The lowest BCUT2D eigenvalue weighted by molar-refractivity contribution is -0.119. The number of ether oxygens (including phenoxy) is 2. The molecule has 0 fully saturated rings. The zero-order chi connectivity index (χ0) is 19.2. The van der Waals surface area contributed by atoms with Crippen molar-refractivity contribution in [1.82, 2.24) is 16.0 Å². The van der Waals surface area contributed by atoms with E-state index in [-0.39, 0.29) is 18.6 Å². The Balaban J connectivity index is 2.52. The minimum absolute atomic E-state index is 0.0429. The molecule has 0 saturated heterocycles. The number of hydrogen-bond donors (Lipinski definition) is 3. The number of amides is 1. The quantitative estimate of drug-likeness (QED) is 0.308. The molecular weight excluding hydrogens is 356 g/mol.